The molecule has 2 heterocycles. The number of likely N-dealkylation sites (tertiary alicyclic amines) is 1. The minimum absolute atomic E-state index is 0.104. The molecule has 0 radical (unpaired) electrons. The molecule has 1 fully saturated rings. The van der Waals surface area contributed by atoms with E-state index in [9.17, 15) is 15.0 Å². The van der Waals surface area contributed by atoms with Gasteiger partial charge in [0, 0.05) is 17.5 Å². The van der Waals surface area contributed by atoms with Gasteiger partial charge in [0.15, 0.2) is 11.5 Å². The fraction of sp³-hybridized carbons (Fsp3) is 0.389. The number of aromatic hydroxyl groups is 2. The van der Waals surface area contributed by atoms with Crippen LogP contribution in [-0.2, 0) is 0 Å². The zero-order valence-corrected chi connectivity index (χ0v) is 14.4. The molecule has 1 aliphatic rings. The summed E-state index contributed by atoms with van der Waals surface area (Å²) in [5, 5.41) is 24.4. The van der Waals surface area contributed by atoms with E-state index in [-0.39, 0.29) is 23.0 Å². The van der Waals surface area contributed by atoms with E-state index in [1.807, 2.05) is 0 Å². The minimum atomic E-state index is -0.370. The molecule has 5 nitrogen and oxygen atoms in total. The molecule has 0 aliphatic carbocycles. The smallest absolute Gasteiger partial charge is 0.255 e. The number of para-hydroxylation sites is 1. The van der Waals surface area contributed by atoms with Crippen molar-refractivity contribution in [3.8, 4) is 11.5 Å². The van der Waals surface area contributed by atoms with Gasteiger partial charge in [-0.1, -0.05) is 12.1 Å². The molecule has 6 heteroatoms. The molecule has 3 N–H and O–H groups in total. The van der Waals surface area contributed by atoms with Crippen molar-refractivity contribution in [3.05, 3.63) is 46.2 Å². The highest BCUT2D eigenvalue weighted by Gasteiger charge is 2.31. The molecule has 3 rings (SSSR count). The number of hydrogen-bond donors (Lipinski definition) is 3. The molecule has 0 spiro atoms. The molecule has 1 saturated heterocycles. The van der Waals surface area contributed by atoms with Gasteiger partial charge in [0.2, 0.25) is 0 Å². The number of benzene rings is 1. The molecule has 1 aliphatic heterocycles. The summed E-state index contributed by atoms with van der Waals surface area (Å²) in [6, 6.07) is 8.92. The number of hydrogen-bond acceptors (Lipinski definition) is 5. The van der Waals surface area contributed by atoms with Crippen molar-refractivity contribution < 1.29 is 15.0 Å². The number of phenolic OH excluding ortho intramolecular Hbond substituents is 2. The molecule has 1 aromatic carbocycles. The van der Waals surface area contributed by atoms with E-state index in [2.05, 4.69) is 34.8 Å². The lowest BCUT2D eigenvalue weighted by atomic mass is 9.88. The summed E-state index contributed by atoms with van der Waals surface area (Å²) in [7, 11) is 2.12. The standard InChI is InChI=1S/C18H22N2O3S/c1-20-9-3-5-12(16(20)15-8-4-10-24-15)11-19-18(23)13-6-2-7-14(21)17(13)22/h2,4,6-8,10,12,16,21-22H,3,5,9,11H2,1H3,(H,19,23)/t12-,16-/m0/s1. The quantitative estimate of drug-likeness (QED) is 0.744. The summed E-state index contributed by atoms with van der Waals surface area (Å²) in [5.74, 6) is -0.686. The lowest BCUT2D eigenvalue weighted by Gasteiger charge is -2.38. The summed E-state index contributed by atoms with van der Waals surface area (Å²) in [6.07, 6.45) is 2.16. The van der Waals surface area contributed by atoms with Crippen LogP contribution >= 0.6 is 11.3 Å². The fourth-order valence-corrected chi connectivity index (χ4v) is 4.40. The lowest BCUT2D eigenvalue weighted by molar-refractivity contribution is 0.0892. The highest BCUT2D eigenvalue weighted by Crippen LogP contribution is 2.37. The number of piperidine rings is 1. The van der Waals surface area contributed by atoms with Crippen LogP contribution in [0.2, 0.25) is 0 Å². The predicted molar refractivity (Wildman–Crippen MR) is 94.5 cm³/mol. The Hall–Kier alpha value is -2.05. The Morgan fingerprint density at radius 3 is 2.92 bits per heavy atom. The molecule has 1 amide bonds. The number of carbonyl (C=O) groups excluding carboxylic acids is 1. The van der Waals surface area contributed by atoms with Gasteiger partial charge in [0.05, 0.1) is 5.56 Å². The Balaban J connectivity index is 1.70. The van der Waals surface area contributed by atoms with Crippen molar-refractivity contribution in [2.45, 2.75) is 18.9 Å². The Labute approximate surface area is 145 Å². The van der Waals surface area contributed by atoms with Crippen LogP contribution in [0.25, 0.3) is 0 Å². The van der Waals surface area contributed by atoms with Crippen LogP contribution in [-0.4, -0.2) is 41.2 Å². The molecular formula is C18H22N2O3S. The van der Waals surface area contributed by atoms with Gasteiger partial charge in [-0.15, -0.1) is 11.3 Å². The SMILES string of the molecule is CN1CCC[C@@H](CNC(=O)c2cccc(O)c2O)[C@H]1c1cccs1. The number of thiophene rings is 1. The molecule has 2 aromatic rings. The molecule has 1 aromatic heterocycles. The van der Waals surface area contributed by atoms with Gasteiger partial charge < -0.3 is 15.5 Å². The zero-order chi connectivity index (χ0) is 17.1. The van der Waals surface area contributed by atoms with Crippen molar-refractivity contribution >= 4 is 17.2 Å². The van der Waals surface area contributed by atoms with Crippen molar-refractivity contribution in [2.75, 3.05) is 20.1 Å². The maximum Gasteiger partial charge on any atom is 0.255 e. The van der Waals surface area contributed by atoms with Gasteiger partial charge in [-0.25, -0.2) is 0 Å². The van der Waals surface area contributed by atoms with Crippen LogP contribution in [0.3, 0.4) is 0 Å². The van der Waals surface area contributed by atoms with E-state index in [1.165, 1.54) is 17.0 Å². The zero-order valence-electron chi connectivity index (χ0n) is 13.6. The first-order valence-corrected chi connectivity index (χ1v) is 8.98. The minimum Gasteiger partial charge on any atom is -0.504 e. The Morgan fingerprint density at radius 1 is 1.33 bits per heavy atom. The molecule has 0 bridgehead atoms. The van der Waals surface area contributed by atoms with Crippen LogP contribution in [0, 0.1) is 5.92 Å². The first-order chi connectivity index (χ1) is 11.6. The predicted octanol–water partition coefficient (Wildman–Crippen LogP) is 2.97. The number of amides is 1. The number of carbonyl (C=O) groups is 1. The van der Waals surface area contributed by atoms with E-state index < -0.39 is 0 Å². The largest absolute Gasteiger partial charge is 0.504 e. The third-order valence-electron chi connectivity index (χ3n) is 4.63. The lowest BCUT2D eigenvalue weighted by Crippen LogP contribution is -2.41. The number of nitrogens with one attached hydrogen (secondary N) is 1. The molecule has 0 unspecified atom stereocenters. The van der Waals surface area contributed by atoms with Gasteiger partial charge in [0.1, 0.15) is 0 Å². The second kappa shape index (κ2) is 7.23. The Kier molecular flexibility index (Phi) is 5.06. The highest BCUT2D eigenvalue weighted by molar-refractivity contribution is 7.10. The van der Waals surface area contributed by atoms with Crippen LogP contribution < -0.4 is 5.32 Å². The van der Waals surface area contributed by atoms with Crippen molar-refractivity contribution in [1.82, 2.24) is 10.2 Å². The van der Waals surface area contributed by atoms with Crippen LogP contribution in [0.5, 0.6) is 11.5 Å². The van der Waals surface area contributed by atoms with Crippen molar-refractivity contribution in [2.24, 2.45) is 5.92 Å². The van der Waals surface area contributed by atoms with Crippen molar-refractivity contribution in [1.29, 1.82) is 0 Å². The molecule has 128 valence electrons. The normalized spacial score (nSPS) is 21.5. The Bertz CT molecular complexity index is 702. The topological polar surface area (TPSA) is 72.8 Å². The second-order valence-corrected chi connectivity index (χ2v) is 7.21. The first kappa shape index (κ1) is 16.8. The van der Waals surface area contributed by atoms with E-state index in [0.29, 0.717) is 18.5 Å². The average Bonchev–Trinajstić information content (AvgIpc) is 3.09. The van der Waals surface area contributed by atoms with Gasteiger partial charge >= 0.3 is 0 Å². The number of phenols is 2. The summed E-state index contributed by atoms with van der Waals surface area (Å²) < 4.78 is 0. The summed E-state index contributed by atoms with van der Waals surface area (Å²) in [6.45, 7) is 1.60. The van der Waals surface area contributed by atoms with Gasteiger partial charge in [-0.3, -0.25) is 9.69 Å². The third-order valence-corrected chi connectivity index (χ3v) is 5.57. The van der Waals surface area contributed by atoms with Crippen LogP contribution in [0.15, 0.2) is 35.7 Å². The summed E-state index contributed by atoms with van der Waals surface area (Å²) in [4.78, 5) is 16.0. The van der Waals surface area contributed by atoms with Crippen LogP contribution in [0.1, 0.15) is 34.1 Å². The Morgan fingerprint density at radius 2 is 2.17 bits per heavy atom. The fourth-order valence-electron chi connectivity index (χ4n) is 3.42. The monoisotopic (exact) mass is 346 g/mol. The van der Waals surface area contributed by atoms with Crippen molar-refractivity contribution in [3.63, 3.8) is 0 Å². The number of nitrogens with zero attached hydrogens (tertiary/aromatic N) is 1. The van der Waals surface area contributed by atoms with E-state index in [1.54, 1.807) is 17.4 Å². The molecular weight excluding hydrogens is 324 g/mol. The summed E-state index contributed by atoms with van der Waals surface area (Å²) in [5.41, 5.74) is 0.104. The molecule has 2 atom stereocenters. The highest BCUT2D eigenvalue weighted by atomic mass is 32.1. The first-order valence-electron chi connectivity index (χ1n) is 8.10. The summed E-state index contributed by atoms with van der Waals surface area (Å²) >= 11 is 1.74. The third kappa shape index (κ3) is 3.39. The van der Waals surface area contributed by atoms with E-state index >= 15 is 0 Å². The van der Waals surface area contributed by atoms with E-state index in [4.69, 9.17) is 0 Å². The maximum atomic E-state index is 12.3. The van der Waals surface area contributed by atoms with Gasteiger partial charge in [-0.05, 0) is 55.9 Å². The van der Waals surface area contributed by atoms with Crippen LogP contribution in [0.4, 0.5) is 0 Å². The molecule has 0 saturated carbocycles. The van der Waals surface area contributed by atoms with Gasteiger partial charge in [-0.2, -0.15) is 0 Å². The molecule has 24 heavy (non-hydrogen) atoms. The second-order valence-electron chi connectivity index (χ2n) is 6.23. The van der Waals surface area contributed by atoms with Gasteiger partial charge in [0.25, 0.3) is 5.91 Å². The number of rotatable bonds is 4. The maximum absolute atomic E-state index is 12.3. The average molecular weight is 346 g/mol. The van der Waals surface area contributed by atoms with E-state index in [0.717, 1.165) is 19.4 Å².